The van der Waals surface area contributed by atoms with Crippen molar-refractivity contribution in [3.63, 3.8) is 0 Å². The van der Waals surface area contributed by atoms with Crippen LogP contribution in [0.25, 0.3) is 0 Å². The summed E-state index contributed by atoms with van der Waals surface area (Å²) in [6, 6.07) is 3.85. The molecule has 0 spiro atoms. The maximum atomic E-state index is 5.26. The summed E-state index contributed by atoms with van der Waals surface area (Å²) < 4.78 is 10.5. The monoisotopic (exact) mass is 207 g/mol. The van der Waals surface area contributed by atoms with Crippen molar-refractivity contribution in [1.82, 2.24) is 0 Å². The van der Waals surface area contributed by atoms with Crippen LogP contribution in [0.5, 0.6) is 11.5 Å². The van der Waals surface area contributed by atoms with E-state index in [1.807, 2.05) is 26.0 Å². The van der Waals surface area contributed by atoms with Gasteiger partial charge in [0.05, 0.1) is 14.2 Å². The lowest BCUT2D eigenvalue weighted by Gasteiger charge is -2.13. The number of anilines is 1. The second kappa shape index (κ2) is 4.73. The first-order chi connectivity index (χ1) is 7.08. The standard InChI is InChI=1S/C12H17NO2/c1-8(2)13-10-6-11(14-4)9(3)12(7-10)15-5/h6-7,13H,1H2,2-5H3. The number of allylic oxidation sites excluding steroid dienone is 1. The zero-order chi connectivity index (χ0) is 11.4. The Bertz CT molecular complexity index is 347. The highest BCUT2D eigenvalue weighted by molar-refractivity contribution is 5.60. The molecule has 0 aromatic heterocycles. The van der Waals surface area contributed by atoms with Crippen LogP contribution in [-0.2, 0) is 0 Å². The Morgan fingerprint density at radius 2 is 1.67 bits per heavy atom. The summed E-state index contributed by atoms with van der Waals surface area (Å²) >= 11 is 0. The maximum Gasteiger partial charge on any atom is 0.127 e. The zero-order valence-corrected chi connectivity index (χ0v) is 9.68. The maximum absolute atomic E-state index is 5.26. The molecule has 0 heterocycles. The highest BCUT2D eigenvalue weighted by Crippen LogP contribution is 2.32. The number of benzene rings is 1. The van der Waals surface area contributed by atoms with Crippen LogP contribution < -0.4 is 14.8 Å². The van der Waals surface area contributed by atoms with Crippen molar-refractivity contribution in [1.29, 1.82) is 0 Å². The van der Waals surface area contributed by atoms with Gasteiger partial charge in [0.15, 0.2) is 0 Å². The van der Waals surface area contributed by atoms with Gasteiger partial charge >= 0.3 is 0 Å². The van der Waals surface area contributed by atoms with E-state index in [0.29, 0.717) is 0 Å². The Kier molecular flexibility index (Phi) is 3.61. The molecule has 3 heteroatoms. The van der Waals surface area contributed by atoms with Crippen molar-refractivity contribution < 1.29 is 9.47 Å². The van der Waals surface area contributed by atoms with E-state index in [2.05, 4.69) is 11.9 Å². The van der Waals surface area contributed by atoms with Crippen molar-refractivity contribution in [2.24, 2.45) is 0 Å². The summed E-state index contributed by atoms with van der Waals surface area (Å²) in [5.74, 6) is 1.61. The number of rotatable bonds is 4. The molecule has 0 atom stereocenters. The highest BCUT2D eigenvalue weighted by Gasteiger charge is 2.07. The predicted molar refractivity (Wildman–Crippen MR) is 62.7 cm³/mol. The van der Waals surface area contributed by atoms with Crippen LogP contribution in [-0.4, -0.2) is 14.2 Å². The Hall–Kier alpha value is -1.64. The van der Waals surface area contributed by atoms with Crippen LogP contribution >= 0.6 is 0 Å². The van der Waals surface area contributed by atoms with Crippen molar-refractivity contribution in [3.8, 4) is 11.5 Å². The second-order valence-corrected chi connectivity index (χ2v) is 3.41. The smallest absolute Gasteiger partial charge is 0.127 e. The summed E-state index contributed by atoms with van der Waals surface area (Å²) in [6.45, 7) is 7.65. The molecule has 1 rings (SSSR count). The average Bonchev–Trinajstić information content (AvgIpc) is 2.19. The third kappa shape index (κ3) is 2.65. The van der Waals surface area contributed by atoms with E-state index >= 15 is 0 Å². The summed E-state index contributed by atoms with van der Waals surface area (Å²) in [6.07, 6.45) is 0. The molecule has 0 aliphatic heterocycles. The molecule has 82 valence electrons. The number of nitrogens with one attached hydrogen (secondary N) is 1. The van der Waals surface area contributed by atoms with Crippen LogP contribution in [0.15, 0.2) is 24.4 Å². The van der Waals surface area contributed by atoms with Gasteiger partial charge in [-0.25, -0.2) is 0 Å². The van der Waals surface area contributed by atoms with Crippen LogP contribution in [0, 0.1) is 6.92 Å². The highest BCUT2D eigenvalue weighted by atomic mass is 16.5. The van der Waals surface area contributed by atoms with Crippen LogP contribution in [0.2, 0.25) is 0 Å². The van der Waals surface area contributed by atoms with Crippen molar-refractivity contribution in [2.45, 2.75) is 13.8 Å². The average molecular weight is 207 g/mol. The number of hydrogen-bond acceptors (Lipinski definition) is 3. The molecule has 0 fully saturated rings. The minimum atomic E-state index is 0.804. The summed E-state index contributed by atoms with van der Waals surface area (Å²) in [5, 5.41) is 3.13. The van der Waals surface area contributed by atoms with Gasteiger partial charge < -0.3 is 14.8 Å². The van der Waals surface area contributed by atoms with E-state index in [-0.39, 0.29) is 0 Å². The van der Waals surface area contributed by atoms with Gasteiger partial charge in [0.2, 0.25) is 0 Å². The topological polar surface area (TPSA) is 30.5 Å². The van der Waals surface area contributed by atoms with Crippen LogP contribution in [0.1, 0.15) is 12.5 Å². The lowest BCUT2D eigenvalue weighted by Crippen LogP contribution is -1.98. The van der Waals surface area contributed by atoms with Gasteiger partial charge in [0.1, 0.15) is 11.5 Å². The third-order valence-corrected chi connectivity index (χ3v) is 2.11. The quantitative estimate of drug-likeness (QED) is 0.823. The van der Waals surface area contributed by atoms with E-state index in [9.17, 15) is 0 Å². The van der Waals surface area contributed by atoms with Gasteiger partial charge in [-0.15, -0.1) is 0 Å². The van der Waals surface area contributed by atoms with Gasteiger partial charge in [0, 0.05) is 29.1 Å². The molecule has 3 nitrogen and oxygen atoms in total. The lowest BCUT2D eigenvalue weighted by molar-refractivity contribution is 0.389. The number of hydrogen-bond donors (Lipinski definition) is 1. The van der Waals surface area contributed by atoms with Crippen LogP contribution in [0.3, 0.4) is 0 Å². The second-order valence-electron chi connectivity index (χ2n) is 3.41. The first-order valence-electron chi connectivity index (χ1n) is 4.73. The van der Waals surface area contributed by atoms with E-state index < -0.39 is 0 Å². The molecule has 0 saturated carbocycles. The van der Waals surface area contributed by atoms with Gasteiger partial charge in [-0.05, 0) is 13.8 Å². The zero-order valence-electron chi connectivity index (χ0n) is 9.68. The first-order valence-corrected chi connectivity index (χ1v) is 4.73. The summed E-state index contributed by atoms with van der Waals surface area (Å²) in [7, 11) is 3.29. The molecule has 0 unspecified atom stereocenters. The van der Waals surface area contributed by atoms with Crippen molar-refractivity contribution in [3.05, 3.63) is 30.0 Å². The van der Waals surface area contributed by atoms with Gasteiger partial charge in [-0.2, -0.15) is 0 Å². The lowest BCUT2D eigenvalue weighted by atomic mass is 10.1. The van der Waals surface area contributed by atoms with Gasteiger partial charge in [-0.1, -0.05) is 6.58 Å². The molecule has 0 aliphatic rings. The molecule has 1 N–H and O–H groups in total. The Morgan fingerprint density at radius 3 is 2.00 bits per heavy atom. The van der Waals surface area contributed by atoms with E-state index in [0.717, 1.165) is 28.4 Å². The molecule has 15 heavy (non-hydrogen) atoms. The first kappa shape index (κ1) is 11.4. The minimum Gasteiger partial charge on any atom is -0.496 e. The molecule has 1 aromatic carbocycles. The Labute approximate surface area is 90.7 Å². The third-order valence-electron chi connectivity index (χ3n) is 2.11. The Morgan fingerprint density at radius 1 is 1.20 bits per heavy atom. The fourth-order valence-electron chi connectivity index (χ4n) is 1.40. The SMILES string of the molecule is C=C(C)Nc1cc(OC)c(C)c(OC)c1. The predicted octanol–water partition coefficient (Wildman–Crippen LogP) is 2.96. The Balaban J connectivity index is 3.14. The molecule has 0 bridgehead atoms. The summed E-state index contributed by atoms with van der Waals surface area (Å²) in [4.78, 5) is 0. The normalized spacial score (nSPS) is 9.60. The molecule has 0 amide bonds. The van der Waals surface area contributed by atoms with Crippen LogP contribution in [0.4, 0.5) is 5.69 Å². The van der Waals surface area contributed by atoms with E-state index in [1.165, 1.54) is 0 Å². The fraction of sp³-hybridized carbons (Fsp3) is 0.333. The van der Waals surface area contributed by atoms with E-state index in [4.69, 9.17) is 9.47 Å². The van der Waals surface area contributed by atoms with E-state index in [1.54, 1.807) is 14.2 Å². The largest absolute Gasteiger partial charge is 0.496 e. The number of methoxy groups -OCH3 is 2. The molecular formula is C12H17NO2. The van der Waals surface area contributed by atoms with Gasteiger partial charge in [-0.3, -0.25) is 0 Å². The summed E-state index contributed by atoms with van der Waals surface area (Å²) in [5.41, 5.74) is 2.79. The molecule has 0 radical (unpaired) electrons. The molecule has 0 aliphatic carbocycles. The van der Waals surface area contributed by atoms with Gasteiger partial charge in [0.25, 0.3) is 0 Å². The fourth-order valence-corrected chi connectivity index (χ4v) is 1.40. The molecule has 0 saturated heterocycles. The molecule has 1 aromatic rings. The molecular weight excluding hydrogens is 190 g/mol. The minimum absolute atomic E-state index is 0.804. The van der Waals surface area contributed by atoms with Crippen molar-refractivity contribution in [2.75, 3.05) is 19.5 Å². The number of ether oxygens (including phenoxy) is 2. The van der Waals surface area contributed by atoms with Crippen molar-refractivity contribution >= 4 is 5.69 Å².